The number of hydrogen-bond acceptors (Lipinski definition) is 9. The maximum Gasteiger partial charge on any atom is 0.411 e. The molecule has 2 saturated carbocycles. The van der Waals surface area contributed by atoms with Crippen molar-refractivity contribution in [3.63, 3.8) is 0 Å². The zero-order chi connectivity index (χ0) is 43.5. The highest BCUT2D eigenvalue weighted by molar-refractivity contribution is 5.91. The summed E-state index contributed by atoms with van der Waals surface area (Å²) in [7, 11) is 0. The number of hydrogen-bond donors (Lipinski definition) is 5. The van der Waals surface area contributed by atoms with Crippen molar-refractivity contribution in [2.45, 2.75) is 76.0 Å². The van der Waals surface area contributed by atoms with Crippen LogP contribution < -0.4 is 16.2 Å². The summed E-state index contributed by atoms with van der Waals surface area (Å²) in [5.74, 6) is 1.17. The zero-order valence-electron chi connectivity index (χ0n) is 36.1. The summed E-state index contributed by atoms with van der Waals surface area (Å²) in [4.78, 5) is 45.3. The number of likely N-dealkylation sites (tertiary alicyclic amines) is 1. The van der Waals surface area contributed by atoms with E-state index in [4.69, 9.17) is 9.47 Å². The minimum atomic E-state index is -0.856. The van der Waals surface area contributed by atoms with Crippen molar-refractivity contribution in [3.8, 4) is 16.9 Å². The van der Waals surface area contributed by atoms with Gasteiger partial charge in [-0.1, -0.05) is 91.7 Å². The number of nitrogens with zero attached hydrogens (tertiary/aromatic N) is 2. The number of pyridine rings is 1. The summed E-state index contributed by atoms with van der Waals surface area (Å²) in [5.41, 5.74) is 5.91. The lowest BCUT2D eigenvalue weighted by Gasteiger charge is -2.29. The number of ether oxygens (including phenoxy) is 2. The minimum absolute atomic E-state index is 0.0440. The van der Waals surface area contributed by atoms with Crippen LogP contribution in [0.2, 0.25) is 0 Å². The predicted octanol–water partition coefficient (Wildman–Crippen LogP) is 7.45. The maximum atomic E-state index is 13.4. The first-order chi connectivity index (χ1) is 30.8. The number of aromatic nitrogens is 1. The van der Waals surface area contributed by atoms with Gasteiger partial charge in [-0.25, -0.2) is 4.79 Å². The van der Waals surface area contributed by atoms with Crippen LogP contribution in [0, 0.1) is 11.8 Å². The van der Waals surface area contributed by atoms with Crippen LogP contribution >= 0.6 is 0 Å². The van der Waals surface area contributed by atoms with Gasteiger partial charge >= 0.3 is 6.09 Å². The average molecular weight is 856 g/mol. The minimum Gasteiger partial charge on any atom is -0.506 e. The number of aliphatic hydroxyl groups is 1. The van der Waals surface area contributed by atoms with Gasteiger partial charge in [0.15, 0.2) is 0 Å². The molecule has 12 heteroatoms. The number of H-pyrrole nitrogens is 1. The molecule has 0 bridgehead atoms. The molecule has 0 radical (unpaired) electrons. The third-order valence-corrected chi connectivity index (χ3v) is 13.3. The number of aromatic hydroxyl groups is 1. The van der Waals surface area contributed by atoms with E-state index in [2.05, 4.69) is 44.8 Å². The molecule has 1 unspecified atom stereocenters. The van der Waals surface area contributed by atoms with Crippen LogP contribution in [0.3, 0.4) is 0 Å². The molecular formula is C51H61N5O7. The normalized spacial score (nSPS) is 19.3. The van der Waals surface area contributed by atoms with Crippen LogP contribution in [0.25, 0.3) is 22.0 Å². The first-order valence-electron chi connectivity index (χ1n) is 22.8. The smallest absolute Gasteiger partial charge is 0.411 e. The molecule has 2 amide bonds. The van der Waals surface area contributed by atoms with Gasteiger partial charge in [0.1, 0.15) is 11.9 Å². The zero-order valence-corrected chi connectivity index (χ0v) is 36.1. The Balaban J connectivity index is 0.702. The number of amides is 2. The standard InChI is InChI=1S/C51H61N5O7/c57-46-20-18-43(44-19-21-48(59)54-50(44)46)47(58)32-52-25-27-56(40-10-4-5-11-40)49(60)24-29-62-28-23-36-16-14-35(15-17-36)22-26-55-33-38-30-41(31-39(38)34-55)63-51(61)53-45-13-7-6-12-42(45)37-8-2-1-3-9-37/h1-3,6-9,12-21,38-41,47,52,57-58H,4-5,10-11,22-34H2,(H,53,61)(H,54,59)/t38-,39?,41+,47+/m1/s1. The molecule has 1 saturated heterocycles. The monoisotopic (exact) mass is 855 g/mol. The number of fused-ring (bicyclic) bond motifs is 2. The number of aliphatic hydroxyl groups excluding tert-OH is 1. The quantitative estimate of drug-likeness (QED) is 0.0533. The van der Waals surface area contributed by atoms with Crippen LogP contribution in [0.1, 0.15) is 67.7 Å². The van der Waals surface area contributed by atoms with E-state index < -0.39 is 6.10 Å². The van der Waals surface area contributed by atoms with Gasteiger partial charge in [0.2, 0.25) is 11.5 Å². The molecule has 2 aliphatic carbocycles. The first-order valence-corrected chi connectivity index (χ1v) is 22.8. The third kappa shape index (κ3) is 11.5. The Hall–Kier alpha value is -5.53. The molecule has 5 N–H and O–H groups in total. The Morgan fingerprint density at radius 1 is 0.841 bits per heavy atom. The molecule has 332 valence electrons. The number of nitrogens with one attached hydrogen (secondary N) is 3. The second kappa shape index (κ2) is 21.2. The third-order valence-electron chi connectivity index (χ3n) is 13.3. The molecule has 8 rings (SSSR count). The van der Waals surface area contributed by atoms with E-state index in [0.717, 1.165) is 87.8 Å². The largest absolute Gasteiger partial charge is 0.506 e. The molecule has 63 heavy (non-hydrogen) atoms. The van der Waals surface area contributed by atoms with Crippen molar-refractivity contribution in [1.29, 1.82) is 0 Å². The number of phenolic OH excluding ortho intramolecular Hbond substituents is 1. The lowest BCUT2D eigenvalue weighted by molar-refractivity contribution is -0.134. The molecule has 3 aliphatic rings. The van der Waals surface area contributed by atoms with Gasteiger partial charge in [-0.05, 0) is 90.8 Å². The SMILES string of the molecule is O=C(Nc1ccccc1-c1ccccc1)O[C@@H]1CC2CN(CCc3ccc(CCOCCC(=O)N(CCNC[C@H](O)c4ccc(O)c5[nH]c(=O)ccc45)C4CCCC4)cc3)C[C@H]2C1. The highest BCUT2D eigenvalue weighted by Gasteiger charge is 2.42. The number of para-hydroxylation sites is 1. The van der Waals surface area contributed by atoms with Crippen molar-refractivity contribution in [2.75, 3.05) is 57.8 Å². The number of anilines is 1. The molecule has 3 fully saturated rings. The fourth-order valence-corrected chi connectivity index (χ4v) is 9.95. The number of rotatable bonds is 19. The number of carbonyl (C=O) groups is 2. The van der Waals surface area contributed by atoms with Gasteiger partial charge in [0, 0.05) is 62.3 Å². The molecule has 0 spiro atoms. The highest BCUT2D eigenvalue weighted by atomic mass is 16.6. The highest BCUT2D eigenvalue weighted by Crippen LogP contribution is 2.40. The van der Waals surface area contributed by atoms with Gasteiger partial charge in [-0.3, -0.25) is 14.9 Å². The van der Waals surface area contributed by atoms with E-state index in [9.17, 15) is 24.6 Å². The van der Waals surface area contributed by atoms with Crippen LogP contribution in [-0.2, 0) is 27.1 Å². The van der Waals surface area contributed by atoms with Crippen molar-refractivity contribution >= 4 is 28.6 Å². The number of carbonyl (C=O) groups excluding carboxylic acids is 2. The molecule has 5 aromatic rings. The van der Waals surface area contributed by atoms with Crippen LogP contribution in [-0.4, -0.2) is 102 Å². The van der Waals surface area contributed by atoms with Crippen molar-refractivity contribution in [3.05, 3.63) is 130 Å². The van der Waals surface area contributed by atoms with Gasteiger partial charge < -0.3 is 39.8 Å². The van der Waals surface area contributed by atoms with Gasteiger partial charge in [-0.2, -0.15) is 0 Å². The maximum absolute atomic E-state index is 13.4. The predicted molar refractivity (Wildman–Crippen MR) is 246 cm³/mol. The summed E-state index contributed by atoms with van der Waals surface area (Å²) in [6.07, 6.45) is 6.91. The molecule has 2 heterocycles. The summed E-state index contributed by atoms with van der Waals surface area (Å²) < 4.78 is 11.9. The number of benzene rings is 4. The van der Waals surface area contributed by atoms with E-state index in [1.807, 2.05) is 59.5 Å². The summed E-state index contributed by atoms with van der Waals surface area (Å²) in [5, 5.41) is 28.0. The van der Waals surface area contributed by atoms with Crippen LogP contribution in [0.15, 0.2) is 108 Å². The Labute approximate surface area is 369 Å². The van der Waals surface area contributed by atoms with Gasteiger partial charge in [0.25, 0.3) is 0 Å². The van der Waals surface area contributed by atoms with E-state index in [0.29, 0.717) is 61.0 Å². The Kier molecular flexibility index (Phi) is 14.9. The second-order valence-electron chi connectivity index (χ2n) is 17.5. The van der Waals surface area contributed by atoms with Gasteiger partial charge in [0.05, 0.1) is 36.9 Å². The molecular weight excluding hydrogens is 795 g/mol. The Bertz CT molecular complexity index is 2330. The molecule has 4 aromatic carbocycles. The molecule has 1 aromatic heterocycles. The molecule has 12 nitrogen and oxygen atoms in total. The molecule has 4 atom stereocenters. The van der Waals surface area contributed by atoms with E-state index in [-0.39, 0.29) is 42.0 Å². The van der Waals surface area contributed by atoms with E-state index >= 15 is 0 Å². The summed E-state index contributed by atoms with van der Waals surface area (Å²) in [6.45, 7) is 5.39. The summed E-state index contributed by atoms with van der Waals surface area (Å²) in [6, 6.07) is 33.1. The van der Waals surface area contributed by atoms with E-state index in [1.165, 1.54) is 23.3 Å². The number of aromatic amines is 1. The summed E-state index contributed by atoms with van der Waals surface area (Å²) >= 11 is 0. The Morgan fingerprint density at radius 3 is 2.32 bits per heavy atom. The van der Waals surface area contributed by atoms with Crippen molar-refractivity contribution in [1.82, 2.24) is 20.1 Å². The van der Waals surface area contributed by atoms with E-state index in [1.54, 1.807) is 12.1 Å². The first kappa shape index (κ1) is 44.1. The second-order valence-corrected chi connectivity index (χ2v) is 17.5. The Morgan fingerprint density at radius 2 is 1.56 bits per heavy atom. The lowest BCUT2D eigenvalue weighted by atomic mass is 10.0. The fourth-order valence-electron chi connectivity index (χ4n) is 9.95. The fraction of sp³-hybridized carbons (Fsp3) is 0.431. The van der Waals surface area contributed by atoms with Crippen molar-refractivity contribution in [2.24, 2.45) is 11.8 Å². The molecule has 1 aliphatic heterocycles. The van der Waals surface area contributed by atoms with Crippen molar-refractivity contribution < 1.29 is 29.3 Å². The van der Waals surface area contributed by atoms with Crippen LogP contribution in [0.4, 0.5) is 10.5 Å². The van der Waals surface area contributed by atoms with Gasteiger partial charge in [-0.15, -0.1) is 0 Å². The lowest BCUT2D eigenvalue weighted by Crippen LogP contribution is -2.43. The average Bonchev–Trinajstić information content (AvgIpc) is 4.05. The van der Waals surface area contributed by atoms with Crippen LogP contribution in [0.5, 0.6) is 5.75 Å². The number of phenols is 1. The topological polar surface area (TPSA) is 156 Å².